The molecule has 0 spiro atoms. The molecule has 0 unspecified atom stereocenters. The van der Waals surface area contributed by atoms with Gasteiger partial charge in [0.1, 0.15) is 0 Å². The van der Waals surface area contributed by atoms with Crippen molar-refractivity contribution in [3.8, 4) is 11.1 Å². The first-order chi connectivity index (χ1) is 13.7. The fourth-order valence-electron chi connectivity index (χ4n) is 3.51. The van der Waals surface area contributed by atoms with Crippen LogP contribution in [0.1, 0.15) is 11.1 Å². The summed E-state index contributed by atoms with van der Waals surface area (Å²) in [6.45, 7) is 0.432. The van der Waals surface area contributed by atoms with Crippen LogP contribution in [0.2, 0.25) is 0 Å². The maximum absolute atomic E-state index is 12.6. The molecule has 2 aromatic carbocycles. The minimum Gasteiger partial charge on any atom is -0.326 e. The van der Waals surface area contributed by atoms with Gasteiger partial charge < -0.3 is 5.32 Å². The van der Waals surface area contributed by atoms with E-state index < -0.39 is 0 Å². The highest BCUT2D eigenvalue weighted by atomic mass is 16.1. The highest BCUT2D eigenvalue weighted by Gasteiger charge is 2.17. The number of anilines is 1. The zero-order valence-electron chi connectivity index (χ0n) is 14.9. The number of amides is 1. The lowest BCUT2D eigenvalue weighted by Crippen LogP contribution is -2.21. The summed E-state index contributed by atoms with van der Waals surface area (Å²) in [5.74, 6) is 0.0337. The van der Waals surface area contributed by atoms with E-state index in [1.54, 1.807) is 29.2 Å². The van der Waals surface area contributed by atoms with Gasteiger partial charge in [-0.2, -0.15) is 0 Å². The molecule has 3 heterocycles. The molecule has 0 saturated carbocycles. The number of nitrogens with zero attached hydrogens (tertiary/aromatic N) is 3. The fraction of sp³-hybridized carbons (Fsp3) is 0.0909. The van der Waals surface area contributed by atoms with E-state index in [-0.39, 0.29) is 11.5 Å². The van der Waals surface area contributed by atoms with Crippen LogP contribution in [0, 0.1) is 0 Å². The highest BCUT2D eigenvalue weighted by Crippen LogP contribution is 2.29. The predicted molar refractivity (Wildman–Crippen MR) is 107 cm³/mol. The van der Waals surface area contributed by atoms with E-state index in [0.29, 0.717) is 24.0 Å². The van der Waals surface area contributed by atoms with Gasteiger partial charge in [0.2, 0.25) is 5.91 Å². The van der Waals surface area contributed by atoms with E-state index in [4.69, 9.17) is 0 Å². The van der Waals surface area contributed by atoms with Crippen LogP contribution in [0.25, 0.3) is 22.2 Å². The van der Waals surface area contributed by atoms with Gasteiger partial charge in [-0.15, -0.1) is 0 Å². The standard InChI is InChI=1S/C22H16N4O2/c27-20-11-17-10-16(7-8-18(17)25-20)15-5-3-14(4-6-15)12-26-13-24-19-2-1-9-23-21(19)22(26)28/h1-10,13H,11-12H2,(H,25,27). The van der Waals surface area contributed by atoms with Crippen LogP contribution in [0.5, 0.6) is 0 Å². The first-order valence-electron chi connectivity index (χ1n) is 9.00. The Labute approximate surface area is 160 Å². The third-order valence-electron chi connectivity index (χ3n) is 4.96. The van der Waals surface area contributed by atoms with Crippen molar-refractivity contribution in [2.75, 3.05) is 5.32 Å². The van der Waals surface area contributed by atoms with Crippen molar-refractivity contribution in [2.45, 2.75) is 13.0 Å². The fourth-order valence-corrected chi connectivity index (χ4v) is 3.51. The average Bonchev–Trinajstić information content (AvgIpc) is 3.10. The average molecular weight is 368 g/mol. The molecule has 1 aliphatic rings. The van der Waals surface area contributed by atoms with Gasteiger partial charge in [0.05, 0.1) is 24.8 Å². The number of nitrogens with one attached hydrogen (secondary N) is 1. The van der Waals surface area contributed by atoms with Crippen LogP contribution >= 0.6 is 0 Å². The predicted octanol–water partition coefficient (Wildman–Crippen LogP) is 3.00. The molecule has 0 aliphatic carbocycles. The Balaban J connectivity index is 1.42. The Hall–Kier alpha value is -3.80. The Kier molecular flexibility index (Phi) is 3.76. The van der Waals surface area contributed by atoms with E-state index in [2.05, 4.69) is 15.3 Å². The van der Waals surface area contributed by atoms with E-state index in [0.717, 1.165) is 27.9 Å². The first kappa shape index (κ1) is 16.4. The third-order valence-corrected chi connectivity index (χ3v) is 4.96. The van der Waals surface area contributed by atoms with Crippen LogP contribution in [-0.4, -0.2) is 20.4 Å². The normalized spacial score (nSPS) is 12.8. The molecule has 0 atom stereocenters. The maximum Gasteiger partial charge on any atom is 0.280 e. The Morgan fingerprint density at radius 2 is 1.79 bits per heavy atom. The molecule has 1 N–H and O–H groups in total. The zero-order chi connectivity index (χ0) is 19.1. The summed E-state index contributed by atoms with van der Waals surface area (Å²) in [4.78, 5) is 32.6. The topological polar surface area (TPSA) is 76.9 Å². The summed E-state index contributed by atoms with van der Waals surface area (Å²) < 4.78 is 1.57. The number of hydrogen-bond acceptors (Lipinski definition) is 4. The lowest BCUT2D eigenvalue weighted by molar-refractivity contribution is -0.115. The Bertz CT molecular complexity index is 1280. The van der Waals surface area contributed by atoms with Gasteiger partial charge in [-0.3, -0.25) is 14.2 Å². The quantitative estimate of drug-likeness (QED) is 0.603. The second-order valence-electron chi connectivity index (χ2n) is 6.84. The minimum absolute atomic E-state index is 0.0337. The van der Waals surface area contributed by atoms with E-state index >= 15 is 0 Å². The molecule has 6 nitrogen and oxygen atoms in total. The first-order valence-corrected chi connectivity index (χ1v) is 9.00. The number of carbonyl (C=O) groups is 1. The summed E-state index contributed by atoms with van der Waals surface area (Å²) >= 11 is 0. The molecule has 4 aromatic rings. The molecular formula is C22H16N4O2. The monoisotopic (exact) mass is 368 g/mol. The van der Waals surface area contributed by atoms with Gasteiger partial charge in [-0.1, -0.05) is 30.3 Å². The molecule has 28 heavy (non-hydrogen) atoms. The van der Waals surface area contributed by atoms with Gasteiger partial charge >= 0.3 is 0 Å². The van der Waals surface area contributed by atoms with Crippen LogP contribution in [-0.2, 0) is 17.8 Å². The molecule has 136 valence electrons. The molecule has 0 bridgehead atoms. The van der Waals surface area contributed by atoms with Crippen molar-refractivity contribution in [2.24, 2.45) is 0 Å². The molecule has 0 fully saturated rings. The minimum atomic E-state index is -0.148. The molecular weight excluding hydrogens is 352 g/mol. The molecule has 2 aromatic heterocycles. The van der Waals surface area contributed by atoms with E-state index in [1.807, 2.05) is 42.5 Å². The zero-order valence-corrected chi connectivity index (χ0v) is 14.9. The van der Waals surface area contributed by atoms with Crippen molar-refractivity contribution in [3.63, 3.8) is 0 Å². The molecule has 0 saturated heterocycles. The molecule has 0 radical (unpaired) electrons. The number of hydrogen-bond donors (Lipinski definition) is 1. The SMILES string of the molecule is O=C1Cc2cc(-c3ccc(Cn4cnc5cccnc5c4=O)cc3)ccc2N1. The van der Waals surface area contributed by atoms with Gasteiger partial charge in [0, 0.05) is 11.9 Å². The van der Waals surface area contributed by atoms with Gasteiger partial charge in [0.25, 0.3) is 5.56 Å². The number of aromatic nitrogens is 3. The Morgan fingerprint density at radius 1 is 0.964 bits per heavy atom. The number of fused-ring (bicyclic) bond motifs is 2. The molecule has 1 amide bonds. The highest BCUT2D eigenvalue weighted by molar-refractivity contribution is 5.99. The van der Waals surface area contributed by atoms with Crippen LogP contribution in [0.15, 0.2) is 71.9 Å². The van der Waals surface area contributed by atoms with Crippen LogP contribution < -0.4 is 10.9 Å². The van der Waals surface area contributed by atoms with Gasteiger partial charge in [-0.25, -0.2) is 9.97 Å². The van der Waals surface area contributed by atoms with Crippen molar-refractivity contribution < 1.29 is 4.79 Å². The van der Waals surface area contributed by atoms with Crippen molar-refractivity contribution in [1.82, 2.24) is 14.5 Å². The van der Waals surface area contributed by atoms with E-state index in [1.165, 1.54) is 0 Å². The van der Waals surface area contributed by atoms with Gasteiger partial charge in [0.15, 0.2) is 5.52 Å². The number of carbonyl (C=O) groups excluding carboxylic acids is 1. The third kappa shape index (κ3) is 2.85. The molecule has 6 heteroatoms. The maximum atomic E-state index is 12.6. The van der Waals surface area contributed by atoms with Crippen molar-refractivity contribution in [3.05, 3.63) is 88.6 Å². The summed E-state index contributed by atoms with van der Waals surface area (Å²) in [5, 5.41) is 2.85. The Morgan fingerprint density at radius 3 is 2.64 bits per heavy atom. The molecule has 1 aliphatic heterocycles. The number of rotatable bonds is 3. The summed E-state index contributed by atoms with van der Waals surface area (Å²) in [6, 6.07) is 17.6. The van der Waals surface area contributed by atoms with Crippen LogP contribution in [0.3, 0.4) is 0 Å². The second kappa shape index (κ2) is 6.42. The number of benzene rings is 2. The van der Waals surface area contributed by atoms with Gasteiger partial charge in [-0.05, 0) is 46.5 Å². The smallest absolute Gasteiger partial charge is 0.280 e. The summed E-state index contributed by atoms with van der Waals surface area (Å²) in [5.41, 5.74) is 5.88. The van der Waals surface area contributed by atoms with Crippen molar-refractivity contribution in [1.29, 1.82) is 0 Å². The molecule has 5 rings (SSSR count). The lowest BCUT2D eigenvalue weighted by atomic mass is 10.0. The van der Waals surface area contributed by atoms with E-state index in [9.17, 15) is 9.59 Å². The summed E-state index contributed by atoms with van der Waals surface area (Å²) in [7, 11) is 0. The largest absolute Gasteiger partial charge is 0.326 e. The lowest BCUT2D eigenvalue weighted by Gasteiger charge is -2.08. The second-order valence-corrected chi connectivity index (χ2v) is 6.84. The van der Waals surface area contributed by atoms with Crippen LogP contribution in [0.4, 0.5) is 5.69 Å². The number of pyridine rings is 1. The summed E-state index contributed by atoms with van der Waals surface area (Å²) in [6.07, 6.45) is 3.59. The van der Waals surface area contributed by atoms with Crippen molar-refractivity contribution >= 4 is 22.6 Å².